The Kier molecular flexibility index (Phi) is 5.57. The van der Waals surface area contributed by atoms with Gasteiger partial charge in [0.15, 0.2) is 0 Å². The van der Waals surface area contributed by atoms with E-state index in [-0.39, 0.29) is 4.92 Å². The van der Waals surface area contributed by atoms with Crippen LogP contribution in [0.2, 0.25) is 0 Å². The van der Waals surface area contributed by atoms with Crippen molar-refractivity contribution < 1.29 is 14.5 Å². The van der Waals surface area contributed by atoms with E-state index in [9.17, 15) is 14.9 Å². The third-order valence-corrected chi connectivity index (χ3v) is 2.89. The van der Waals surface area contributed by atoms with Gasteiger partial charge in [-0.1, -0.05) is 6.92 Å². The molecule has 1 atom stereocenters. The van der Waals surface area contributed by atoms with Gasteiger partial charge in [-0.15, -0.1) is 0 Å². The molecule has 0 bridgehead atoms. The quantitative estimate of drug-likeness (QED) is 0.562. The Balaban J connectivity index is 4.38. The first-order chi connectivity index (χ1) is 8.02. The smallest absolute Gasteiger partial charge is 0.410 e. The van der Waals surface area contributed by atoms with Crippen molar-refractivity contribution >= 4 is 6.09 Å². The van der Waals surface area contributed by atoms with E-state index in [1.165, 1.54) is 4.90 Å². The van der Waals surface area contributed by atoms with Crippen molar-refractivity contribution in [1.82, 2.24) is 4.90 Å². The Morgan fingerprint density at radius 1 is 1.33 bits per heavy atom. The molecule has 0 saturated carbocycles. The molecular weight excluding hydrogens is 236 g/mol. The molecule has 0 N–H and O–H groups in total. The van der Waals surface area contributed by atoms with Crippen LogP contribution in [-0.4, -0.2) is 40.6 Å². The lowest BCUT2D eigenvalue weighted by atomic mass is 9.95. The molecular formula is C12H24N2O4. The molecule has 0 spiro atoms. The maximum absolute atomic E-state index is 11.7. The minimum absolute atomic E-state index is 0.282. The first-order valence-electron chi connectivity index (χ1n) is 6.10. The predicted octanol–water partition coefficient (Wildman–Crippen LogP) is 2.69. The third kappa shape index (κ3) is 5.33. The van der Waals surface area contributed by atoms with Gasteiger partial charge in [0, 0.05) is 38.3 Å². The summed E-state index contributed by atoms with van der Waals surface area (Å²) in [6, 6.07) is 0. The Morgan fingerprint density at radius 2 is 1.83 bits per heavy atom. The third-order valence-electron chi connectivity index (χ3n) is 2.89. The van der Waals surface area contributed by atoms with Gasteiger partial charge >= 0.3 is 6.09 Å². The van der Waals surface area contributed by atoms with Gasteiger partial charge in [0.05, 0.1) is 0 Å². The summed E-state index contributed by atoms with van der Waals surface area (Å²) in [6.07, 6.45) is 0.290. The van der Waals surface area contributed by atoms with E-state index < -0.39 is 17.2 Å². The summed E-state index contributed by atoms with van der Waals surface area (Å²) < 4.78 is 5.18. The highest BCUT2D eigenvalue weighted by Gasteiger charge is 2.35. The van der Waals surface area contributed by atoms with Gasteiger partial charge in [-0.25, -0.2) is 4.79 Å². The first kappa shape index (κ1) is 16.7. The van der Waals surface area contributed by atoms with Crippen LogP contribution in [0.15, 0.2) is 0 Å². The van der Waals surface area contributed by atoms with E-state index in [1.807, 2.05) is 0 Å². The van der Waals surface area contributed by atoms with E-state index in [2.05, 4.69) is 0 Å². The van der Waals surface area contributed by atoms with Crippen molar-refractivity contribution in [3.63, 3.8) is 0 Å². The molecule has 0 aromatic rings. The number of nitrogens with zero attached hydrogens (tertiary/aromatic N) is 2. The number of hydrogen-bond donors (Lipinski definition) is 0. The van der Waals surface area contributed by atoms with Crippen LogP contribution in [0.25, 0.3) is 0 Å². The van der Waals surface area contributed by atoms with Crippen molar-refractivity contribution in [1.29, 1.82) is 0 Å². The van der Waals surface area contributed by atoms with E-state index in [4.69, 9.17) is 4.74 Å². The molecule has 0 radical (unpaired) electrons. The number of hydrogen-bond acceptors (Lipinski definition) is 4. The van der Waals surface area contributed by atoms with Gasteiger partial charge in [0.25, 0.3) is 0 Å². The van der Waals surface area contributed by atoms with Crippen molar-refractivity contribution in [3.05, 3.63) is 10.1 Å². The summed E-state index contributed by atoms with van der Waals surface area (Å²) in [5, 5.41) is 10.9. The zero-order chi connectivity index (χ0) is 14.6. The van der Waals surface area contributed by atoms with Gasteiger partial charge < -0.3 is 9.64 Å². The van der Waals surface area contributed by atoms with Gasteiger partial charge in [-0.3, -0.25) is 10.1 Å². The molecule has 0 saturated heterocycles. The largest absolute Gasteiger partial charge is 0.444 e. The number of rotatable bonds is 5. The van der Waals surface area contributed by atoms with Gasteiger partial charge in [-0.05, 0) is 20.8 Å². The highest BCUT2D eigenvalue weighted by atomic mass is 16.6. The van der Waals surface area contributed by atoms with Crippen molar-refractivity contribution in [2.75, 3.05) is 13.6 Å². The highest BCUT2D eigenvalue weighted by molar-refractivity contribution is 5.67. The SMILES string of the molecule is CCC(C)(CCN(C)C(=O)OC(C)(C)C)[N+](=O)[O-]. The van der Waals surface area contributed by atoms with Crippen LogP contribution in [0, 0.1) is 10.1 Å². The summed E-state index contributed by atoms with van der Waals surface area (Å²) in [7, 11) is 1.59. The van der Waals surface area contributed by atoms with Crippen molar-refractivity contribution in [3.8, 4) is 0 Å². The number of carbonyl (C=O) groups excluding carboxylic acids is 1. The maximum Gasteiger partial charge on any atom is 0.410 e. The molecule has 1 unspecified atom stereocenters. The van der Waals surface area contributed by atoms with Crippen LogP contribution < -0.4 is 0 Å². The Bertz CT molecular complexity index is 312. The second-order valence-corrected chi connectivity index (χ2v) is 5.76. The second kappa shape index (κ2) is 6.02. The topological polar surface area (TPSA) is 72.7 Å². The summed E-state index contributed by atoms with van der Waals surface area (Å²) in [5.41, 5.74) is -1.54. The fourth-order valence-corrected chi connectivity index (χ4v) is 1.24. The van der Waals surface area contributed by atoms with E-state index in [0.717, 1.165) is 0 Å². The van der Waals surface area contributed by atoms with Crippen molar-refractivity contribution in [2.45, 2.75) is 58.6 Å². The van der Waals surface area contributed by atoms with Gasteiger partial charge in [-0.2, -0.15) is 0 Å². The monoisotopic (exact) mass is 260 g/mol. The lowest BCUT2D eigenvalue weighted by molar-refractivity contribution is -0.567. The zero-order valence-electron chi connectivity index (χ0n) is 12.1. The van der Waals surface area contributed by atoms with Crippen LogP contribution in [0.1, 0.15) is 47.5 Å². The van der Waals surface area contributed by atoms with Crippen LogP contribution in [0.3, 0.4) is 0 Å². The summed E-state index contributed by atoms with van der Waals surface area (Å²) in [5.74, 6) is 0. The molecule has 106 valence electrons. The second-order valence-electron chi connectivity index (χ2n) is 5.76. The number of ether oxygens (including phenoxy) is 1. The molecule has 0 aliphatic rings. The van der Waals surface area contributed by atoms with Crippen LogP contribution in [0.4, 0.5) is 4.79 Å². The molecule has 0 aliphatic heterocycles. The lowest BCUT2D eigenvalue weighted by Gasteiger charge is -2.26. The number of nitro groups is 1. The molecule has 0 fully saturated rings. The van der Waals surface area contributed by atoms with Crippen molar-refractivity contribution in [2.24, 2.45) is 0 Å². The fraction of sp³-hybridized carbons (Fsp3) is 0.917. The Hall–Kier alpha value is -1.33. The van der Waals surface area contributed by atoms with Gasteiger partial charge in [0.1, 0.15) is 5.60 Å². The van der Waals surface area contributed by atoms with E-state index in [1.54, 1.807) is 41.7 Å². The minimum Gasteiger partial charge on any atom is -0.444 e. The van der Waals surface area contributed by atoms with E-state index in [0.29, 0.717) is 19.4 Å². The molecule has 6 heteroatoms. The first-order valence-corrected chi connectivity index (χ1v) is 6.10. The van der Waals surface area contributed by atoms with Crippen LogP contribution in [-0.2, 0) is 4.74 Å². The number of amides is 1. The molecule has 18 heavy (non-hydrogen) atoms. The van der Waals surface area contributed by atoms with Crippen LogP contribution in [0.5, 0.6) is 0 Å². The minimum atomic E-state index is -0.990. The highest BCUT2D eigenvalue weighted by Crippen LogP contribution is 2.19. The normalized spacial score (nSPS) is 14.8. The average molecular weight is 260 g/mol. The summed E-state index contributed by atoms with van der Waals surface area (Å²) in [4.78, 5) is 23.7. The van der Waals surface area contributed by atoms with Crippen LogP contribution >= 0.6 is 0 Å². The molecule has 0 heterocycles. The number of carbonyl (C=O) groups is 1. The molecule has 6 nitrogen and oxygen atoms in total. The average Bonchev–Trinajstić information content (AvgIpc) is 2.22. The predicted molar refractivity (Wildman–Crippen MR) is 69.2 cm³/mol. The molecule has 0 aromatic heterocycles. The van der Waals surface area contributed by atoms with E-state index >= 15 is 0 Å². The summed E-state index contributed by atoms with van der Waals surface area (Å²) >= 11 is 0. The lowest BCUT2D eigenvalue weighted by Crippen LogP contribution is -2.40. The zero-order valence-corrected chi connectivity index (χ0v) is 12.1. The Morgan fingerprint density at radius 3 is 2.17 bits per heavy atom. The Labute approximate surface area is 108 Å². The molecule has 1 amide bonds. The molecule has 0 aromatic carbocycles. The maximum atomic E-state index is 11.7. The van der Waals surface area contributed by atoms with Gasteiger partial charge in [0.2, 0.25) is 5.54 Å². The molecule has 0 aliphatic carbocycles. The fourth-order valence-electron chi connectivity index (χ4n) is 1.24. The standard InChI is InChI=1S/C12H24N2O4/c1-7-12(5,14(16)17)8-9-13(6)10(15)18-11(2,3)4/h7-9H2,1-6H3. The molecule has 0 rings (SSSR count). The summed E-state index contributed by atoms with van der Waals surface area (Å²) in [6.45, 7) is 9.02.